The third-order valence-electron chi connectivity index (χ3n) is 1.68. The molecule has 1 heterocycles. The highest BCUT2D eigenvalue weighted by atomic mass is 16.5. The molecule has 13 heavy (non-hydrogen) atoms. The topological polar surface area (TPSA) is 39.2 Å². The standard InChI is InChI=1S/C10H13NO2/c1-3-8-5-6-9(7-11-8)13-10(12)4-2/h5-7H,3-4H2,1-2H3. The summed E-state index contributed by atoms with van der Waals surface area (Å²) < 4.78 is 4.96. The van der Waals surface area contributed by atoms with E-state index in [-0.39, 0.29) is 5.97 Å². The molecule has 0 atom stereocenters. The molecule has 1 aromatic rings. The minimum absolute atomic E-state index is 0.231. The molecule has 0 N–H and O–H groups in total. The maximum absolute atomic E-state index is 10.9. The van der Waals surface area contributed by atoms with Crippen LogP contribution in [0.15, 0.2) is 18.3 Å². The Balaban J connectivity index is 2.64. The maximum Gasteiger partial charge on any atom is 0.310 e. The van der Waals surface area contributed by atoms with Crippen molar-refractivity contribution in [3.8, 4) is 5.75 Å². The van der Waals surface area contributed by atoms with Crippen molar-refractivity contribution >= 4 is 5.97 Å². The molecule has 0 aromatic carbocycles. The van der Waals surface area contributed by atoms with E-state index in [4.69, 9.17) is 4.74 Å². The molecule has 0 aliphatic rings. The lowest BCUT2D eigenvalue weighted by atomic mass is 10.3. The van der Waals surface area contributed by atoms with Crippen LogP contribution < -0.4 is 4.74 Å². The summed E-state index contributed by atoms with van der Waals surface area (Å²) in [5.41, 5.74) is 0.997. The highest BCUT2D eigenvalue weighted by Crippen LogP contribution is 2.09. The van der Waals surface area contributed by atoms with Gasteiger partial charge in [0.2, 0.25) is 0 Å². The normalized spacial score (nSPS) is 9.69. The fourth-order valence-electron chi connectivity index (χ4n) is 0.884. The van der Waals surface area contributed by atoms with Crippen molar-refractivity contribution < 1.29 is 9.53 Å². The first-order valence-corrected chi connectivity index (χ1v) is 4.41. The number of hydrogen-bond donors (Lipinski definition) is 0. The molecule has 0 fully saturated rings. The van der Waals surface area contributed by atoms with E-state index in [0.29, 0.717) is 12.2 Å². The first kappa shape index (κ1) is 9.71. The van der Waals surface area contributed by atoms with Crippen LogP contribution in [0.3, 0.4) is 0 Å². The van der Waals surface area contributed by atoms with Crippen LogP contribution in [0.5, 0.6) is 5.75 Å². The van der Waals surface area contributed by atoms with Crippen LogP contribution in [-0.4, -0.2) is 11.0 Å². The van der Waals surface area contributed by atoms with Crippen molar-refractivity contribution in [3.63, 3.8) is 0 Å². The van der Waals surface area contributed by atoms with E-state index in [2.05, 4.69) is 4.98 Å². The molecule has 0 radical (unpaired) electrons. The summed E-state index contributed by atoms with van der Waals surface area (Å²) in [4.78, 5) is 15.0. The summed E-state index contributed by atoms with van der Waals surface area (Å²) in [7, 11) is 0. The monoisotopic (exact) mass is 179 g/mol. The molecule has 3 nitrogen and oxygen atoms in total. The second kappa shape index (κ2) is 4.60. The minimum Gasteiger partial charge on any atom is -0.425 e. The van der Waals surface area contributed by atoms with Gasteiger partial charge in [-0.05, 0) is 18.6 Å². The Kier molecular flexibility index (Phi) is 3.43. The molecule has 0 aliphatic heterocycles. The Labute approximate surface area is 77.8 Å². The number of ether oxygens (including phenoxy) is 1. The lowest BCUT2D eigenvalue weighted by Gasteiger charge is -2.01. The van der Waals surface area contributed by atoms with Gasteiger partial charge in [0.25, 0.3) is 0 Å². The summed E-state index contributed by atoms with van der Waals surface area (Å²) in [6.45, 7) is 3.79. The Bertz CT molecular complexity index is 279. The van der Waals surface area contributed by atoms with Crippen molar-refractivity contribution in [2.45, 2.75) is 26.7 Å². The highest BCUT2D eigenvalue weighted by molar-refractivity contribution is 5.71. The highest BCUT2D eigenvalue weighted by Gasteiger charge is 2.00. The predicted octanol–water partition coefficient (Wildman–Crippen LogP) is 1.96. The molecule has 1 aromatic heterocycles. The summed E-state index contributed by atoms with van der Waals surface area (Å²) in [5.74, 6) is 0.287. The van der Waals surface area contributed by atoms with Crippen molar-refractivity contribution in [2.24, 2.45) is 0 Å². The van der Waals surface area contributed by atoms with Gasteiger partial charge in [-0.2, -0.15) is 0 Å². The lowest BCUT2D eigenvalue weighted by molar-refractivity contribution is -0.134. The molecule has 0 amide bonds. The molecule has 1 rings (SSSR count). The molecule has 0 saturated carbocycles. The van der Waals surface area contributed by atoms with Gasteiger partial charge in [-0.3, -0.25) is 9.78 Å². The molecule has 0 spiro atoms. The number of aromatic nitrogens is 1. The maximum atomic E-state index is 10.9. The largest absolute Gasteiger partial charge is 0.425 e. The zero-order valence-electron chi connectivity index (χ0n) is 7.91. The first-order chi connectivity index (χ1) is 6.26. The Morgan fingerprint density at radius 1 is 1.46 bits per heavy atom. The molecular weight excluding hydrogens is 166 g/mol. The Morgan fingerprint density at radius 2 is 2.23 bits per heavy atom. The molecular formula is C10H13NO2. The van der Waals surface area contributed by atoms with Crippen molar-refractivity contribution in [1.29, 1.82) is 0 Å². The first-order valence-electron chi connectivity index (χ1n) is 4.41. The van der Waals surface area contributed by atoms with E-state index in [1.807, 2.05) is 13.0 Å². The third kappa shape index (κ3) is 2.86. The van der Waals surface area contributed by atoms with Gasteiger partial charge < -0.3 is 4.74 Å². The number of hydrogen-bond acceptors (Lipinski definition) is 3. The number of rotatable bonds is 3. The molecule has 0 saturated heterocycles. The van der Waals surface area contributed by atoms with Crippen LogP contribution in [0.4, 0.5) is 0 Å². The zero-order chi connectivity index (χ0) is 9.68. The fraction of sp³-hybridized carbons (Fsp3) is 0.400. The Morgan fingerprint density at radius 3 is 2.69 bits per heavy atom. The minimum atomic E-state index is -0.231. The van der Waals surface area contributed by atoms with Gasteiger partial charge in [-0.1, -0.05) is 13.8 Å². The van der Waals surface area contributed by atoms with Crippen LogP contribution in [-0.2, 0) is 11.2 Å². The second-order valence-corrected chi connectivity index (χ2v) is 2.67. The predicted molar refractivity (Wildman–Crippen MR) is 49.5 cm³/mol. The number of carbonyl (C=O) groups is 1. The fourth-order valence-corrected chi connectivity index (χ4v) is 0.884. The average molecular weight is 179 g/mol. The number of nitrogens with zero attached hydrogens (tertiary/aromatic N) is 1. The van der Waals surface area contributed by atoms with E-state index >= 15 is 0 Å². The van der Waals surface area contributed by atoms with Crippen molar-refractivity contribution in [2.75, 3.05) is 0 Å². The van der Waals surface area contributed by atoms with E-state index in [1.54, 1.807) is 19.2 Å². The van der Waals surface area contributed by atoms with Crippen molar-refractivity contribution in [3.05, 3.63) is 24.0 Å². The quantitative estimate of drug-likeness (QED) is 0.666. The van der Waals surface area contributed by atoms with Gasteiger partial charge in [0, 0.05) is 12.1 Å². The van der Waals surface area contributed by atoms with Crippen LogP contribution >= 0.6 is 0 Å². The smallest absolute Gasteiger partial charge is 0.310 e. The van der Waals surface area contributed by atoms with E-state index in [9.17, 15) is 4.79 Å². The number of pyridine rings is 1. The number of carbonyl (C=O) groups excluding carboxylic acids is 1. The average Bonchev–Trinajstić information content (AvgIpc) is 2.19. The van der Waals surface area contributed by atoms with Crippen molar-refractivity contribution in [1.82, 2.24) is 4.98 Å². The third-order valence-corrected chi connectivity index (χ3v) is 1.68. The Hall–Kier alpha value is -1.38. The second-order valence-electron chi connectivity index (χ2n) is 2.67. The summed E-state index contributed by atoms with van der Waals surface area (Å²) in [6, 6.07) is 3.62. The number of aryl methyl sites for hydroxylation is 1. The van der Waals surface area contributed by atoms with Crippen LogP contribution in [0.1, 0.15) is 26.0 Å². The number of esters is 1. The van der Waals surface area contributed by atoms with Gasteiger partial charge in [0.05, 0.1) is 6.20 Å². The summed E-state index contributed by atoms with van der Waals surface area (Å²) in [5, 5.41) is 0. The van der Waals surface area contributed by atoms with E-state index < -0.39 is 0 Å². The zero-order valence-corrected chi connectivity index (χ0v) is 7.91. The van der Waals surface area contributed by atoms with Gasteiger partial charge in [-0.25, -0.2) is 0 Å². The van der Waals surface area contributed by atoms with Crippen LogP contribution in [0.2, 0.25) is 0 Å². The van der Waals surface area contributed by atoms with Gasteiger partial charge in [0.15, 0.2) is 0 Å². The summed E-state index contributed by atoms with van der Waals surface area (Å²) in [6.07, 6.45) is 2.85. The molecule has 3 heteroatoms. The summed E-state index contributed by atoms with van der Waals surface area (Å²) >= 11 is 0. The van der Waals surface area contributed by atoms with Gasteiger partial charge in [0.1, 0.15) is 5.75 Å². The SMILES string of the molecule is CCC(=O)Oc1ccc(CC)nc1. The van der Waals surface area contributed by atoms with Crippen LogP contribution in [0, 0.1) is 0 Å². The lowest BCUT2D eigenvalue weighted by Crippen LogP contribution is -2.05. The molecule has 0 aliphatic carbocycles. The van der Waals surface area contributed by atoms with E-state index in [1.165, 1.54) is 0 Å². The molecule has 70 valence electrons. The van der Waals surface area contributed by atoms with Gasteiger partial charge in [-0.15, -0.1) is 0 Å². The van der Waals surface area contributed by atoms with Gasteiger partial charge >= 0.3 is 5.97 Å². The van der Waals surface area contributed by atoms with E-state index in [0.717, 1.165) is 12.1 Å². The molecule has 0 bridgehead atoms. The molecule has 0 unspecified atom stereocenters. The van der Waals surface area contributed by atoms with Crippen LogP contribution in [0.25, 0.3) is 0 Å².